The summed E-state index contributed by atoms with van der Waals surface area (Å²) in [5.74, 6) is 0.574. The van der Waals surface area contributed by atoms with Crippen LogP contribution in [0.1, 0.15) is 69.6 Å². The zero-order valence-electron chi connectivity index (χ0n) is 22.3. The number of hydrogen-bond donors (Lipinski definition) is 0. The molecule has 0 N–H and O–H groups in total. The van der Waals surface area contributed by atoms with E-state index in [-0.39, 0.29) is 11.3 Å². The minimum absolute atomic E-state index is 0.0991. The second kappa shape index (κ2) is 12.5. The molecule has 0 radical (unpaired) electrons. The van der Waals surface area contributed by atoms with Crippen molar-refractivity contribution >= 4 is 5.91 Å². The Morgan fingerprint density at radius 2 is 1.42 bits per heavy atom. The van der Waals surface area contributed by atoms with Crippen LogP contribution in [-0.4, -0.2) is 17.9 Å². The van der Waals surface area contributed by atoms with Gasteiger partial charge < -0.3 is 4.90 Å². The maximum absolute atomic E-state index is 14.2. The lowest BCUT2D eigenvalue weighted by molar-refractivity contribution is -0.142. The van der Waals surface area contributed by atoms with Crippen LogP contribution < -0.4 is 0 Å². The predicted octanol–water partition coefficient (Wildman–Crippen LogP) is 7.77. The van der Waals surface area contributed by atoms with Crippen molar-refractivity contribution in [3.8, 4) is 6.07 Å². The van der Waals surface area contributed by atoms with Crippen LogP contribution >= 0.6 is 0 Å². The lowest BCUT2D eigenvalue weighted by Gasteiger charge is -2.44. The van der Waals surface area contributed by atoms with Crippen LogP contribution in [0.5, 0.6) is 0 Å². The normalized spacial score (nSPS) is 13.9. The van der Waals surface area contributed by atoms with Gasteiger partial charge in [0.25, 0.3) is 0 Å². The molecule has 3 rings (SSSR count). The molecule has 0 bridgehead atoms. The minimum Gasteiger partial charge on any atom is -0.341 e. The Hall–Kier alpha value is -3.38. The van der Waals surface area contributed by atoms with Crippen LogP contribution in [0, 0.1) is 22.7 Å². The number of carbonyl (C=O) groups excluding carboxylic acids is 1. The molecule has 3 nitrogen and oxygen atoms in total. The van der Waals surface area contributed by atoms with Crippen molar-refractivity contribution in [1.82, 2.24) is 4.90 Å². The average molecular weight is 481 g/mol. The first kappa shape index (κ1) is 27.2. The molecule has 0 saturated carbocycles. The van der Waals surface area contributed by atoms with Gasteiger partial charge in [0.1, 0.15) is 0 Å². The van der Waals surface area contributed by atoms with Gasteiger partial charge in [0.05, 0.1) is 6.07 Å². The van der Waals surface area contributed by atoms with E-state index in [1.54, 1.807) is 0 Å². The van der Waals surface area contributed by atoms with Gasteiger partial charge in [0.15, 0.2) is 0 Å². The quantitative estimate of drug-likeness (QED) is 0.266. The second-order valence-corrected chi connectivity index (χ2v) is 10.6. The van der Waals surface area contributed by atoms with E-state index in [0.29, 0.717) is 31.7 Å². The molecule has 3 aromatic carbocycles. The Balaban J connectivity index is 2.11. The van der Waals surface area contributed by atoms with Crippen molar-refractivity contribution in [3.05, 3.63) is 108 Å². The van der Waals surface area contributed by atoms with Gasteiger partial charge in [0.2, 0.25) is 5.91 Å². The van der Waals surface area contributed by atoms with Gasteiger partial charge in [-0.15, -0.1) is 0 Å². The van der Waals surface area contributed by atoms with Crippen molar-refractivity contribution in [2.24, 2.45) is 11.3 Å². The molecule has 3 heteroatoms. The minimum atomic E-state index is -0.696. The van der Waals surface area contributed by atoms with E-state index in [0.717, 1.165) is 18.4 Å². The number of nitrogens with zero attached hydrogens (tertiary/aromatic N) is 2. The van der Waals surface area contributed by atoms with Gasteiger partial charge in [-0.1, -0.05) is 118 Å². The molecule has 188 valence electrons. The molecular formula is C33H40N2O. The Morgan fingerprint density at radius 3 is 1.89 bits per heavy atom. The summed E-state index contributed by atoms with van der Waals surface area (Å²) in [4.78, 5) is 16.0. The third-order valence-corrected chi connectivity index (χ3v) is 7.65. The summed E-state index contributed by atoms with van der Waals surface area (Å²) in [5.41, 5.74) is 2.54. The van der Waals surface area contributed by atoms with Crippen molar-refractivity contribution in [3.63, 3.8) is 0 Å². The SMILES string of the molecule is CCC(C)CC(CC(C)(CCC#N)C(=O)N(C)Cc1ccccc1)(c1ccccc1)c1ccccc1. The Morgan fingerprint density at radius 1 is 0.917 bits per heavy atom. The van der Waals surface area contributed by atoms with E-state index in [4.69, 9.17) is 0 Å². The first-order valence-corrected chi connectivity index (χ1v) is 13.1. The molecule has 1 amide bonds. The summed E-state index contributed by atoms with van der Waals surface area (Å²) in [5, 5.41) is 9.53. The van der Waals surface area contributed by atoms with E-state index in [1.807, 2.05) is 30.1 Å². The van der Waals surface area contributed by atoms with Crippen molar-refractivity contribution in [2.45, 2.75) is 64.8 Å². The number of nitriles is 1. The Bertz CT molecular complexity index is 1080. The summed E-state index contributed by atoms with van der Waals surface area (Å²) >= 11 is 0. The Labute approximate surface area is 217 Å². The zero-order valence-corrected chi connectivity index (χ0v) is 22.3. The fourth-order valence-corrected chi connectivity index (χ4v) is 5.59. The number of rotatable bonds is 12. The van der Waals surface area contributed by atoms with Gasteiger partial charge in [-0.3, -0.25) is 4.79 Å². The van der Waals surface area contributed by atoms with Gasteiger partial charge in [-0.25, -0.2) is 0 Å². The topological polar surface area (TPSA) is 44.1 Å². The average Bonchev–Trinajstić information content (AvgIpc) is 2.92. The lowest BCUT2D eigenvalue weighted by atomic mass is 9.60. The lowest BCUT2D eigenvalue weighted by Crippen LogP contribution is -2.45. The van der Waals surface area contributed by atoms with Crippen molar-refractivity contribution in [2.75, 3.05) is 7.05 Å². The van der Waals surface area contributed by atoms with E-state index in [1.165, 1.54) is 11.1 Å². The van der Waals surface area contributed by atoms with Gasteiger partial charge in [0, 0.05) is 30.8 Å². The first-order chi connectivity index (χ1) is 17.3. The van der Waals surface area contributed by atoms with E-state index < -0.39 is 5.41 Å². The molecule has 0 spiro atoms. The maximum atomic E-state index is 14.2. The molecule has 36 heavy (non-hydrogen) atoms. The summed E-state index contributed by atoms with van der Waals surface area (Å²) < 4.78 is 0. The summed E-state index contributed by atoms with van der Waals surface area (Å²) in [6.45, 7) is 7.16. The molecule has 0 aliphatic heterocycles. The largest absolute Gasteiger partial charge is 0.341 e. The fourth-order valence-electron chi connectivity index (χ4n) is 5.59. The molecular weight excluding hydrogens is 440 g/mol. The number of hydrogen-bond acceptors (Lipinski definition) is 2. The number of benzene rings is 3. The van der Waals surface area contributed by atoms with E-state index in [9.17, 15) is 10.1 Å². The van der Waals surface area contributed by atoms with Crippen molar-refractivity contribution < 1.29 is 4.79 Å². The molecule has 0 heterocycles. The molecule has 0 saturated heterocycles. The third kappa shape index (κ3) is 6.43. The van der Waals surface area contributed by atoms with E-state index in [2.05, 4.69) is 99.6 Å². The van der Waals surface area contributed by atoms with Crippen LogP contribution in [0.4, 0.5) is 0 Å². The highest BCUT2D eigenvalue weighted by Crippen LogP contribution is 2.49. The van der Waals surface area contributed by atoms with Crippen LogP contribution in [0.25, 0.3) is 0 Å². The van der Waals surface area contributed by atoms with Gasteiger partial charge >= 0.3 is 0 Å². The van der Waals surface area contributed by atoms with E-state index >= 15 is 0 Å². The molecule has 0 aromatic heterocycles. The predicted molar refractivity (Wildman–Crippen MR) is 148 cm³/mol. The summed E-state index contributed by atoms with van der Waals surface area (Å²) in [7, 11) is 1.89. The highest BCUT2D eigenvalue weighted by atomic mass is 16.2. The summed E-state index contributed by atoms with van der Waals surface area (Å²) in [6.07, 6.45) is 3.54. The molecule has 2 atom stereocenters. The number of carbonyl (C=O) groups is 1. The van der Waals surface area contributed by atoms with Crippen LogP contribution in [0.2, 0.25) is 0 Å². The Kier molecular flexibility index (Phi) is 9.48. The molecule has 0 fully saturated rings. The maximum Gasteiger partial charge on any atom is 0.228 e. The zero-order chi connectivity index (χ0) is 26.0. The number of amides is 1. The summed E-state index contributed by atoms with van der Waals surface area (Å²) in [6, 6.07) is 33.7. The van der Waals surface area contributed by atoms with Crippen LogP contribution in [-0.2, 0) is 16.8 Å². The molecule has 2 unspecified atom stereocenters. The van der Waals surface area contributed by atoms with Crippen LogP contribution in [0.3, 0.4) is 0 Å². The monoisotopic (exact) mass is 480 g/mol. The molecule has 0 aliphatic rings. The fraction of sp³-hybridized carbons (Fsp3) is 0.394. The smallest absolute Gasteiger partial charge is 0.228 e. The standard InChI is InChI=1S/C33H40N2O/c1-5-27(2)24-33(29-18-11-7-12-19-29,30-20-13-8-14-21-30)26-32(3,22-15-23-34)31(36)35(4)25-28-16-9-6-10-17-28/h6-14,16-21,27H,5,15,22,24-26H2,1-4H3. The van der Waals surface area contributed by atoms with Crippen molar-refractivity contribution in [1.29, 1.82) is 5.26 Å². The third-order valence-electron chi connectivity index (χ3n) is 7.65. The van der Waals surface area contributed by atoms with Crippen LogP contribution in [0.15, 0.2) is 91.0 Å². The van der Waals surface area contributed by atoms with Gasteiger partial charge in [-0.2, -0.15) is 5.26 Å². The first-order valence-electron chi connectivity index (χ1n) is 13.1. The highest BCUT2D eigenvalue weighted by molar-refractivity contribution is 5.82. The highest BCUT2D eigenvalue weighted by Gasteiger charge is 2.46. The molecule has 3 aromatic rings. The molecule has 0 aliphatic carbocycles. The second-order valence-electron chi connectivity index (χ2n) is 10.6. The van der Waals surface area contributed by atoms with Gasteiger partial charge in [-0.05, 0) is 41.9 Å².